The second-order valence-corrected chi connectivity index (χ2v) is 6.68. The van der Waals surface area contributed by atoms with Crippen LogP contribution >= 0.6 is 0 Å². The van der Waals surface area contributed by atoms with Crippen molar-refractivity contribution in [1.82, 2.24) is 9.78 Å². The molecular weight excluding hydrogens is 286 g/mol. The topological polar surface area (TPSA) is 41.3 Å². The third-order valence-electron chi connectivity index (χ3n) is 4.99. The molecule has 1 aliphatic heterocycles. The molecule has 0 spiro atoms. The van der Waals surface area contributed by atoms with E-state index in [9.17, 15) is 5.11 Å². The zero-order chi connectivity index (χ0) is 16.4. The molecule has 2 heterocycles. The van der Waals surface area contributed by atoms with Crippen LogP contribution in [0.5, 0.6) is 0 Å². The minimum Gasteiger partial charge on any atom is -0.396 e. The summed E-state index contributed by atoms with van der Waals surface area (Å²) in [5.41, 5.74) is 4.89. The number of aryl methyl sites for hydroxylation is 1. The van der Waals surface area contributed by atoms with Gasteiger partial charge in [0.2, 0.25) is 0 Å². The number of benzene rings is 1. The van der Waals surface area contributed by atoms with Crippen LogP contribution in [0.25, 0.3) is 11.1 Å². The lowest BCUT2D eigenvalue weighted by atomic mass is 9.87. The highest BCUT2D eigenvalue weighted by atomic mass is 16.3. The van der Waals surface area contributed by atoms with E-state index in [-0.39, 0.29) is 12.5 Å². The first-order chi connectivity index (χ1) is 11.1. The Kier molecular flexibility index (Phi) is 4.71. The van der Waals surface area contributed by atoms with Crippen LogP contribution in [-0.4, -0.2) is 34.1 Å². The highest BCUT2D eigenvalue weighted by Gasteiger charge is 2.27. The normalized spacial score (nSPS) is 18.8. The van der Waals surface area contributed by atoms with Gasteiger partial charge in [-0.25, -0.2) is 0 Å². The van der Waals surface area contributed by atoms with Gasteiger partial charge in [-0.3, -0.25) is 4.68 Å². The number of hydrogen-bond acceptors (Lipinski definition) is 3. The van der Waals surface area contributed by atoms with Crippen molar-refractivity contribution in [2.75, 3.05) is 18.1 Å². The second-order valence-electron chi connectivity index (χ2n) is 6.68. The molecule has 0 aliphatic carbocycles. The first kappa shape index (κ1) is 16.1. The van der Waals surface area contributed by atoms with Crippen molar-refractivity contribution in [3.8, 4) is 11.1 Å². The van der Waals surface area contributed by atoms with E-state index in [1.165, 1.54) is 29.7 Å². The fourth-order valence-electron chi connectivity index (χ4n) is 3.68. The average Bonchev–Trinajstić information content (AvgIpc) is 3.00. The van der Waals surface area contributed by atoms with Gasteiger partial charge in [0.05, 0.1) is 12.8 Å². The molecule has 4 heteroatoms. The Morgan fingerprint density at radius 3 is 2.83 bits per heavy atom. The fourth-order valence-corrected chi connectivity index (χ4v) is 3.68. The molecule has 1 aliphatic rings. The summed E-state index contributed by atoms with van der Waals surface area (Å²) < 4.78 is 1.83. The van der Waals surface area contributed by atoms with Crippen molar-refractivity contribution < 1.29 is 5.11 Å². The Balaban J connectivity index is 1.99. The van der Waals surface area contributed by atoms with Gasteiger partial charge in [-0.2, -0.15) is 5.10 Å². The zero-order valence-electron chi connectivity index (χ0n) is 14.4. The van der Waals surface area contributed by atoms with E-state index in [1.54, 1.807) is 0 Å². The smallest absolute Gasteiger partial charge is 0.0568 e. The summed E-state index contributed by atoms with van der Waals surface area (Å²) in [7, 11) is 1.94. The Morgan fingerprint density at radius 2 is 2.17 bits per heavy atom. The van der Waals surface area contributed by atoms with Crippen molar-refractivity contribution >= 4 is 5.69 Å². The maximum atomic E-state index is 9.80. The van der Waals surface area contributed by atoms with E-state index in [0.717, 1.165) is 18.5 Å². The fraction of sp³-hybridized carbons (Fsp3) is 0.526. The lowest BCUT2D eigenvalue weighted by Crippen LogP contribution is -2.38. The standard InChI is InChI=1S/C19H27N3O/c1-4-5-14(2)22-9-8-16(13-23)18-10-15(6-7-19(18)22)17-11-20-21(3)12-17/h6-7,10-12,14,16,23H,4-5,8-9,13H2,1-3H3. The third kappa shape index (κ3) is 3.13. The van der Waals surface area contributed by atoms with Crippen molar-refractivity contribution in [2.24, 2.45) is 7.05 Å². The van der Waals surface area contributed by atoms with E-state index in [1.807, 2.05) is 24.1 Å². The van der Waals surface area contributed by atoms with Crippen LogP contribution in [0.2, 0.25) is 0 Å². The number of rotatable bonds is 5. The molecule has 0 amide bonds. The summed E-state index contributed by atoms with van der Waals surface area (Å²) in [4.78, 5) is 2.51. The quantitative estimate of drug-likeness (QED) is 0.917. The molecule has 3 rings (SSSR count). The highest BCUT2D eigenvalue weighted by Crippen LogP contribution is 2.39. The molecule has 2 aromatic rings. The van der Waals surface area contributed by atoms with Gasteiger partial charge >= 0.3 is 0 Å². The summed E-state index contributed by atoms with van der Waals surface area (Å²) in [6, 6.07) is 7.20. The van der Waals surface area contributed by atoms with Crippen LogP contribution in [-0.2, 0) is 7.05 Å². The molecule has 1 aromatic carbocycles. The van der Waals surface area contributed by atoms with Crippen LogP contribution < -0.4 is 4.90 Å². The summed E-state index contributed by atoms with van der Waals surface area (Å²) in [6.45, 7) is 5.80. The van der Waals surface area contributed by atoms with E-state index < -0.39 is 0 Å². The van der Waals surface area contributed by atoms with Crippen LogP contribution in [0.4, 0.5) is 5.69 Å². The number of fused-ring (bicyclic) bond motifs is 1. The number of nitrogens with zero attached hydrogens (tertiary/aromatic N) is 3. The Bertz CT molecular complexity index is 664. The zero-order valence-corrected chi connectivity index (χ0v) is 14.4. The lowest BCUT2D eigenvalue weighted by Gasteiger charge is -2.39. The van der Waals surface area contributed by atoms with Crippen LogP contribution in [0.3, 0.4) is 0 Å². The summed E-state index contributed by atoms with van der Waals surface area (Å²) in [6.07, 6.45) is 7.36. The molecule has 0 saturated carbocycles. The van der Waals surface area contributed by atoms with Gasteiger partial charge in [-0.15, -0.1) is 0 Å². The van der Waals surface area contributed by atoms with E-state index >= 15 is 0 Å². The molecule has 1 N–H and O–H groups in total. The van der Waals surface area contributed by atoms with E-state index in [0.29, 0.717) is 6.04 Å². The summed E-state index contributed by atoms with van der Waals surface area (Å²) >= 11 is 0. The molecule has 0 fully saturated rings. The van der Waals surface area contributed by atoms with Crippen molar-refractivity contribution in [3.63, 3.8) is 0 Å². The van der Waals surface area contributed by atoms with Crippen molar-refractivity contribution in [2.45, 2.75) is 45.1 Å². The first-order valence-electron chi connectivity index (χ1n) is 8.64. The number of aliphatic hydroxyl groups is 1. The summed E-state index contributed by atoms with van der Waals surface area (Å²) in [5, 5.41) is 14.1. The van der Waals surface area contributed by atoms with Crippen molar-refractivity contribution in [1.29, 1.82) is 0 Å². The average molecular weight is 313 g/mol. The molecule has 1 aromatic heterocycles. The van der Waals surface area contributed by atoms with Gasteiger partial charge in [-0.05, 0) is 43.0 Å². The first-order valence-corrected chi connectivity index (χ1v) is 8.64. The maximum absolute atomic E-state index is 9.80. The third-order valence-corrected chi connectivity index (χ3v) is 4.99. The number of aromatic nitrogens is 2. The minimum absolute atomic E-state index is 0.222. The lowest BCUT2D eigenvalue weighted by molar-refractivity contribution is 0.255. The molecule has 23 heavy (non-hydrogen) atoms. The van der Waals surface area contributed by atoms with E-state index in [2.05, 4.69) is 42.0 Å². The van der Waals surface area contributed by atoms with Gasteiger partial charge < -0.3 is 10.0 Å². The predicted octanol–water partition coefficient (Wildman–Crippen LogP) is 3.56. The molecule has 124 valence electrons. The molecule has 0 radical (unpaired) electrons. The van der Waals surface area contributed by atoms with Crippen molar-refractivity contribution in [3.05, 3.63) is 36.2 Å². The monoisotopic (exact) mass is 313 g/mol. The maximum Gasteiger partial charge on any atom is 0.0568 e. The molecule has 2 atom stereocenters. The van der Waals surface area contributed by atoms with Gasteiger partial charge in [0, 0.05) is 43.0 Å². The van der Waals surface area contributed by atoms with E-state index in [4.69, 9.17) is 0 Å². The van der Waals surface area contributed by atoms with Crippen LogP contribution in [0, 0.1) is 0 Å². The summed E-state index contributed by atoms with van der Waals surface area (Å²) in [5.74, 6) is 0.242. The predicted molar refractivity (Wildman–Crippen MR) is 94.8 cm³/mol. The molecule has 2 unspecified atom stereocenters. The highest BCUT2D eigenvalue weighted by molar-refractivity contribution is 5.70. The Hall–Kier alpha value is -1.81. The largest absolute Gasteiger partial charge is 0.396 e. The number of aliphatic hydroxyl groups excluding tert-OH is 1. The Labute approximate surface area is 138 Å². The molecular formula is C19H27N3O. The molecule has 0 saturated heterocycles. The van der Waals surface area contributed by atoms with Gasteiger partial charge in [0.15, 0.2) is 0 Å². The number of hydrogen-bond donors (Lipinski definition) is 1. The molecule has 4 nitrogen and oxygen atoms in total. The van der Waals surface area contributed by atoms with Crippen LogP contribution in [0.15, 0.2) is 30.6 Å². The Morgan fingerprint density at radius 1 is 1.35 bits per heavy atom. The molecule has 0 bridgehead atoms. The minimum atomic E-state index is 0.222. The van der Waals surface area contributed by atoms with Crippen LogP contribution in [0.1, 0.15) is 44.6 Å². The van der Waals surface area contributed by atoms with Gasteiger partial charge in [0.25, 0.3) is 0 Å². The van der Waals surface area contributed by atoms with Gasteiger partial charge in [0.1, 0.15) is 0 Å². The number of anilines is 1. The second kappa shape index (κ2) is 6.75. The van der Waals surface area contributed by atoms with Gasteiger partial charge in [-0.1, -0.05) is 19.4 Å². The SMILES string of the molecule is CCCC(C)N1CCC(CO)c2cc(-c3cnn(C)c3)ccc21.